The van der Waals surface area contributed by atoms with Crippen LogP contribution in [0.15, 0.2) is 41.5 Å². The van der Waals surface area contributed by atoms with Crippen molar-refractivity contribution < 1.29 is 9.53 Å². The van der Waals surface area contributed by atoms with Crippen molar-refractivity contribution in [3.63, 3.8) is 0 Å². The van der Waals surface area contributed by atoms with Gasteiger partial charge in [-0.25, -0.2) is 4.98 Å². The molecule has 1 atom stereocenters. The van der Waals surface area contributed by atoms with E-state index < -0.39 is 0 Å². The topological polar surface area (TPSA) is 128 Å². The number of nitrogens with one attached hydrogen (secondary N) is 2. The number of carbonyl (C=O) groups excluding carboxylic acids is 1. The molecule has 4 N–H and O–H groups in total. The Morgan fingerprint density at radius 2 is 1.83 bits per heavy atom. The number of rotatable bonds is 10. The van der Waals surface area contributed by atoms with Crippen LogP contribution >= 0.6 is 0 Å². The normalized spacial score (nSPS) is 14.5. The summed E-state index contributed by atoms with van der Waals surface area (Å²) in [6.07, 6.45) is 9.86. The minimum absolute atomic E-state index is 0.0536. The Bertz CT molecular complexity index is 1600. The molecule has 1 saturated carbocycles. The minimum Gasteiger partial charge on any atom is -0.461 e. The van der Waals surface area contributed by atoms with Crippen LogP contribution in [-0.4, -0.2) is 37.6 Å². The van der Waals surface area contributed by atoms with Gasteiger partial charge >= 0.3 is 5.97 Å². The number of ether oxygens (including phenoxy) is 1. The first-order chi connectivity index (χ1) is 19.7. The molecule has 1 aromatic carbocycles. The van der Waals surface area contributed by atoms with Crippen LogP contribution < -0.4 is 16.5 Å². The molecule has 0 unspecified atom stereocenters. The van der Waals surface area contributed by atoms with Gasteiger partial charge in [0.05, 0.1) is 12.2 Å². The fraction of sp³-hybridized carbons (Fsp3) is 0.438. The third-order valence-corrected chi connectivity index (χ3v) is 8.19. The summed E-state index contributed by atoms with van der Waals surface area (Å²) in [5.41, 5.74) is 13.4. The summed E-state index contributed by atoms with van der Waals surface area (Å²) >= 11 is 0. The first kappa shape index (κ1) is 28.5. The lowest BCUT2D eigenvalue weighted by Crippen LogP contribution is -2.36. The maximum absolute atomic E-state index is 12.5. The van der Waals surface area contributed by atoms with Gasteiger partial charge in [0.2, 0.25) is 5.95 Å². The first-order valence-electron chi connectivity index (χ1n) is 14.5. The summed E-state index contributed by atoms with van der Waals surface area (Å²) in [6, 6.07) is 8.14. The van der Waals surface area contributed by atoms with E-state index in [-0.39, 0.29) is 29.5 Å². The second-order valence-corrected chi connectivity index (χ2v) is 11.3. The third kappa shape index (κ3) is 6.51. The number of aromatic nitrogens is 4. The van der Waals surface area contributed by atoms with Crippen LogP contribution in [0.1, 0.15) is 71.8 Å². The van der Waals surface area contributed by atoms with E-state index in [1.165, 1.54) is 5.56 Å². The van der Waals surface area contributed by atoms with Crippen LogP contribution in [0.25, 0.3) is 11.0 Å². The van der Waals surface area contributed by atoms with Crippen molar-refractivity contribution in [2.75, 3.05) is 5.73 Å². The van der Waals surface area contributed by atoms with Crippen molar-refractivity contribution in [1.29, 1.82) is 0 Å². The average Bonchev–Trinajstić information content (AvgIpc) is 3.59. The zero-order valence-electron chi connectivity index (χ0n) is 24.4. The number of anilines is 1. The third-order valence-electron chi connectivity index (χ3n) is 8.19. The SMILES string of the molecule is Cc1c[nH]c(Cn2cc(CCc3ccc(CN[C@@H](C)C(=O)OC4CCCC4)cc3)c3c(C)nc(N)nc32)c(C)c1=O. The molecule has 3 heterocycles. The number of nitrogens with two attached hydrogens (primary N) is 1. The number of nitrogens with zero attached hydrogens (tertiary/aromatic N) is 3. The maximum atomic E-state index is 12.5. The van der Waals surface area contributed by atoms with Gasteiger partial charge in [-0.1, -0.05) is 24.3 Å². The van der Waals surface area contributed by atoms with Crippen LogP contribution in [0.2, 0.25) is 0 Å². The van der Waals surface area contributed by atoms with Gasteiger partial charge in [-0.3, -0.25) is 9.59 Å². The van der Waals surface area contributed by atoms with Crippen LogP contribution in [0.3, 0.4) is 0 Å². The number of H-pyrrole nitrogens is 1. The molecule has 0 saturated heterocycles. The quantitative estimate of drug-likeness (QED) is 0.247. The minimum atomic E-state index is -0.339. The first-order valence-corrected chi connectivity index (χ1v) is 14.5. The molecule has 0 bridgehead atoms. The van der Waals surface area contributed by atoms with E-state index >= 15 is 0 Å². The number of aromatic amines is 1. The van der Waals surface area contributed by atoms with E-state index in [2.05, 4.69) is 55.3 Å². The molecule has 1 aliphatic rings. The molecule has 216 valence electrons. The van der Waals surface area contributed by atoms with Gasteiger partial charge in [0.15, 0.2) is 5.43 Å². The fourth-order valence-corrected chi connectivity index (χ4v) is 5.65. The molecule has 0 spiro atoms. The van der Waals surface area contributed by atoms with Gasteiger partial charge in [-0.2, -0.15) is 4.98 Å². The highest BCUT2D eigenvalue weighted by Crippen LogP contribution is 2.26. The van der Waals surface area contributed by atoms with Crippen LogP contribution in [0.5, 0.6) is 0 Å². The van der Waals surface area contributed by atoms with Crippen LogP contribution in [0, 0.1) is 20.8 Å². The zero-order valence-corrected chi connectivity index (χ0v) is 24.4. The monoisotopic (exact) mass is 556 g/mol. The number of benzene rings is 1. The molecule has 9 nitrogen and oxygen atoms in total. The predicted octanol–water partition coefficient (Wildman–Crippen LogP) is 4.42. The van der Waals surface area contributed by atoms with Gasteiger partial charge in [-0.15, -0.1) is 0 Å². The van der Waals surface area contributed by atoms with Crippen molar-refractivity contribution in [3.05, 3.63) is 86.1 Å². The van der Waals surface area contributed by atoms with E-state index in [0.29, 0.717) is 24.2 Å². The van der Waals surface area contributed by atoms with Crippen molar-refractivity contribution in [3.8, 4) is 0 Å². The Labute approximate surface area is 240 Å². The van der Waals surface area contributed by atoms with Crippen molar-refractivity contribution in [2.24, 2.45) is 0 Å². The zero-order chi connectivity index (χ0) is 29.1. The lowest BCUT2D eigenvalue weighted by Gasteiger charge is -2.17. The van der Waals surface area contributed by atoms with E-state index in [9.17, 15) is 9.59 Å². The number of aryl methyl sites for hydroxylation is 4. The predicted molar refractivity (Wildman–Crippen MR) is 161 cm³/mol. The lowest BCUT2D eigenvalue weighted by molar-refractivity contribution is -0.150. The Morgan fingerprint density at radius 3 is 2.56 bits per heavy atom. The summed E-state index contributed by atoms with van der Waals surface area (Å²) in [6.45, 7) is 8.58. The van der Waals surface area contributed by atoms with Gasteiger partial charge < -0.3 is 25.3 Å². The molecular formula is C32H40N6O3. The Morgan fingerprint density at radius 1 is 1.12 bits per heavy atom. The maximum Gasteiger partial charge on any atom is 0.323 e. The second-order valence-electron chi connectivity index (χ2n) is 11.3. The molecule has 41 heavy (non-hydrogen) atoms. The van der Waals surface area contributed by atoms with Crippen LogP contribution in [0.4, 0.5) is 5.95 Å². The Hall–Kier alpha value is -3.98. The Kier molecular flexibility index (Phi) is 8.54. The van der Waals surface area contributed by atoms with Gasteiger partial charge in [-0.05, 0) is 82.9 Å². The summed E-state index contributed by atoms with van der Waals surface area (Å²) in [7, 11) is 0. The molecule has 0 amide bonds. The summed E-state index contributed by atoms with van der Waals surface area (Å²) in [5, 5.41) is 4.30. The molecule has 0 radical (unpaired) electrons. The number of pyridine rings is 1. The van der Waals surface area contributed by atoms with Gasteiger partial charge in [0.25, 0.3) is 0 Å². The van der Waals surface area contributed by atoms with E-state index in [4.69, 9.17) is 10.5 Å². The average molecular weight is 557 g/mol. The fourth-order valence-electron chi connectivity index (χ4n) is 5.65. The molecule has 9 heteroatoms. The highest BCUT2D eigenvalue weighted by molar-refractivity contribution is 5.84. The summed E-state index contributed by atoms with van der Waals surface area (Å²) in [5.74, 6) is 0.0675. The largest absolute Gasteiger partial charge is 0.461 e. The summed E-state index contributed by atoms with van der Waals surface area (Å²) < 4.78 is 7.67. The number of hydrogen-bond donors (Lipinski definition) is 3. The molecule has 4 aromatic rings. The van der Waals surface area contributed by atoms with E-state index in [0.717, 1.165) is 72.1 Å². The van der Waals surface area contributed by atoms with Gasteiger partial charge in [0, 0.05) is 41.1 Å². The molecule has 5 rings (SSSR count). The Balaban J connectivity index is 1.25. The standard InChI is InChI=1S/C32H40N6O3/c1-19-15-35-27(20(2)29(19)39)18-38-17-25(28-21(3)36-32(33)37-30(28)38)14-13-23-9-11-24(12-10-23)16-34-22(4)31(40)41-26-7-5-6-8-26/h9-12,15,17,22,26,34H,5-8,13-14,16,18H2,1-4H3,(H,35,39)(H2,33,36,37)/t22-/m0/s1. The molecule has 1 aliphatic carbocycles. The number of nitrogen functional groups attached to an aromatic ring is 1. The molecular weight excluding hydrogens is 516 g/mol. The van der Waals surface area contributed by atoms with Crippen molar-refractivity contribution in [2.45, 2.75) is 91.5 Å². The number of carbonyl (C=O) groups is 1. The van der Waals surface area contributed by atoms with Gasteiger partial charge in [0.1, 0.15) is 17.8 Å². The highest BCUT2D eigenvalue weighted by Gasteiger charge is 2.22. The van der Waals surface area contributed by atoms with E-state index in [1.54, 1.807) is 6.20 Å². The second kappa shape index (κ2) is 12.3. The molecule has 3 aromatic heterocycles. The van der Waals surface area contributed by atoms with Crippen molar-refractivity contribution in [1.82, 2.24) is 24.8 Å². The number of hydrogen-bond acceptors (Lipinski definition) is 7. The highest BCUT2D eigenvalue weighted by atomic mass is 16.5. The number of fused-ring (bicyclic) bond motifs is 1. The van der Waals surface area contributed by atoms with Crippen molar-refractivity contribution >= 4 is 23.0 Å². The van der Waals surface area contributed by atoms with E-state index in [1.807, 2.05) is 27.7 Å². The van der Waals surface area contributed by atoms with Crippen LogP contribution in [-0.2, 0) is 35.5 Å². The molecule has 1 fully saturated rings. The smallest absolute Gasteiger partial charge is 0.323 e. The number of esters is 1. The summed E-state index contributed by atoms with van der Waals surface area (Å²) in [4.78, 5) is 37.1. The molecule has 0 aliphatic heterocycles. The lowest BCUT2D eigenvalue weighted by atomic mass is 10.0.